The summed E-state index contributed by atoms with van der Waals surface area (Å²) in [5, 5.41) is 0. The summed E-state index contributed by atoms with van der Waals surface area (Å²) >= 11 is 0. The van der Waals surface area contributed by atoms with Gasteiger partial charge in [0.1, 0.15) is 0 Å². The lowest BCUT2D eigenvalue weighted by Gasteiger charge is -2.29. The van der Waals surface area contributed by atoms with Gasteiger partial charge in [0, 0.05) is 0 Å². The van der Waals surface area contributed by atoms with Crippen molar-refractivity contribution in [2.45, 2.75) is 76.5 Å². The van der Waals surface area contributed by atoms with E-state index in [4.69, 9.17) is 0 Å². The fourth-order valence-electron chi connectivity index (χ4n) is 3.74. The van der Waals surface area contributed by atoms with Crippen LogP contribution in [-0.2, 0) is 0 Å². The van der Waals surface area contributed by atoms with E-state index in [0.29, 0.717) is 0 Å². The average Bonchev–Trinajstić information content (AvgIpc) is 2.55. The fraction of sp³-hybridized carbons (Fsp3) is 1.00. The van der Waals surface area contributed by atoms with Gasteiger partial charge in [-0.2, -0.15) is 0 Å². The van der Waals surface area contributed by atoms with Gasteiger partial charge in [-0.1, -0.05) is 76.5 Å². The second kappa shape index (κ2) is 5.03. The van der Waals surface area contributed by atoms with Gasteiger partial charge >= 0.3 is 0 Å². The minimum absolute atomic E-state index is 0.754. The molecule has 0 saturated carbocycles. The average molecular weight is 224 g/mol. The molecule has 0 amide bonds. The van der Waals surface area contributed by atoms with Crippen molar-refractivity contribution < 1.29 is 0 Å². The summed E-state index contributed by atoms with van der Waals surface area (Å²) in [5.74, 6) is 2.03. The lowest BCUT2D eigenvalue weighted by molar-refractivity contribution is 0.375. The molecule has 0 nitrogen and oxygen atoms in total. The summed E-state index contributed by atoms with van der Waals surface area (Å²) in [6.45, 7) is 4.99. The zero-order chi connectivity index (χ0) is 10.7. The molecule has 88 valence electrons. The number of hydrogen-bond acceptors (Lipinski definition) is 0. The maximum Gasteiger partial charge on any atom is 0.0536 e. The molecule has 2 fully saturated rings. The van der Waals surface area contributed by atoms with Crippen LogP contribution >= 0.6 is 0 Å². The topological polar surface area (TPSA) is 0 Å². The molecular weight excluding hydrogens is 196 g/mol. The Morgan fingerprint density at radius 2 is 1.13 bits per heavy atom. The second-order valence-corrected chi connectivity index (χ2v) is 11.4. The number of hydrogen-bond donors (Lipinski definition) is 0. The SMILES string of the molecule is CC1CC[Si]2(CCCCCC2)CCC1C. The van der Waals surface area contributed by atoms with Gasteiger partial charge in [0.2, 0.25) is 0 Å². The minimum atomic E-state index is -0.754. The third-order valence-electron chi connectivity index (χ3n) is 5.40. The van der Waals surface area contributed by atoms with E-state index >= 15 is 0 Å². The van der Waals surface area contributed by atoms with Gasteiger partial charge in [-0.05, 0) is 11.8 Å². The zero-order valence-corrected chi connectivity index (χ0v) is 11.7. The van der Waals surface area contributed by atoms with Crippen molar-refractivity contribution in [2.24, 2.45) is 11.8 Å². The zero-order valence-electron chi connectivity index (χ0n) is 10.7. The molecule has 2 aliphatic heterocycles. The molecule has 2 rings (SSSR count). The normalized spacial score (nSPS) is 37.2. The summed E-state index contributed by atoms with van der Waals surface area (Å²) < 4.78 is 0. The molecule has 2 atom stereocenters. The first kappa shape index (κ1) is 11.7. The van der Waals surface area contributed by atoms with Crippen molar-refractivity contribution >= 4 is 8.07 Å². The fourth-order valence-corrected chi connectivity index (χ4v) is 9.38. The summed E-state index contributed by atoms with van der Waals surface area (Å²) in [6.07, 6.45) is 9.37. The van der Waals surface area contributed by atoms with Gasteiger partial charge in [0.15, 0.2) is 0 Å². The molecule has 0 N–H and O–H groups in total. The predicted molar refractivity (Wildman–Crippen MR) is 71.0 cm³/mol. The van der Waals surface area contributed by atoms with Crippen LogP contribution in [0.4, 0.5) is 0 Å². The second-order valence-electron chi connectivity index (χ2n) is 6.45. The van der Waals surface area contributed by atoms with Gasteiger partial charge in [0.05, 0.1) is 8.07 Å². The van der Waals surface area contributed by atoms with E-state index in [9.17, 15) is 0 Å². The van der Waals surface area contributed by atoms with E-state index in [0.717, 1.165) is 11.8 Å². The Morgan fingerprint density at radius 1 is 0.667 bits per heavy atom. The van der Waals surface area contributed by atoms with Crippen LogP contribution in [0.2, 0.25) is 24.2 Å². The van der Waals surface area contributed by atoms with E-state index in [2.05, 4.69) is 13.8 Å². The minimum Gasteiger partial charge on any atom is -0.0623 e. The summed E-state index contributed by atoms with van der Waals surface area (Å²) in [4.78, 5) is 0. The Morgan fingerprint density at radius 3 is 1.60 bits per heavy atom. The van der Waals surface area contributed by atoms with Crippen molar-refractivity contribution in [3.05, 3.63) is 0 Å². The lowest BCUT2D eigenvalue weighted by Crippen LogP contribution is -2.32. The summed E-state index contributed by atoms with van der Waals surface area (Å²) in [5.41, 5.74) is 0. The molecule has 0 aliphatic carbocycles. The van der Waals surface area contributed by atoms with Crippen LogP contribution in [0.15, 0.2) is 0 Å². The van der Waals surface area contributed by atoms with Crippen molar-refractivity contribution in [1.29, 1.82) is 0 Å². The maximum atomic E-state index is 2.49. The van der Waals surface area contributed by atoms with Crippen LogP contribution in [-0.4, -0.2) is 8.07 Å². The largest absolute Gasteiger partial charge is 0.0623 e. The quantitative estimate of drug-likeness (QED) is 0.504. The van der Waals surface area contributed by atoms with Crippen molar-refractivity contribution in [3.63, 3.8) is 0 Å². The highest BCUT2D eigenvalue weighted by Crippen LogP contribution is 2.41. The maximum absolute atomic E-state index is 2.49. The van der Waals surface area contributed by atoms with Gasteiger partial charge in [0.25, 0.3) is 0 Å². The third-order valence-corrected chi connectivity index (χ3v) is 10.9. The molecule has 2 unspecified atom stereocenters. The van der Waals surface area contributed by atoms with Gasteiger partial charge in [-0.3, -0.25) is 0 Å². The van der Waals surface area contributed by atoms with E-state index in [-0.39, 0.29) is 0 Å². The Balaban J connectivity index is 2.00. The first-order valence-electron chi connectivity index (χ1n) is 7.22. The summed E-state index contributed by atoms with van der Waals surface area (Å²) in [6, 6.07) is 6.73. The third kappa shape index (κ3) is 2.86. The predicted octanol–water partition coefficient (Wildman–Crippen LogP) is 5.08. The highest BCUT2D eigenvalue weighted by atomic mass is 28.3. The van der Waals surface area contributed by atoms with Crippen LogP contribution in [0, 0.1) is 11.8 Å². The Bertz CT molecular complexity index is 178. The van der Waals surface area contributed by atoms with Crippen molar-refractivity contribution in [2.75, 3.05) is 0 Å². The summed E-state index contributed by atoms with van der Waals surface area (Å²) in [7, 11) is -0.754. The molecular formula is C14H28Si. The Hall–Kier alpha value is 0.217. The van der Waals surface area contributed by atoms with Crippen LogP contribution in [0.5, 0.6) is 0 Å². The molecule has 0 aromatic carbocycles. The van der Waals surface area contributed by atoms with Gasteiger partial charge < -0.3 is 0 Å². The van der Waals surface area contributed by atoms with Gasteiger partial charge in [-0.15, -0.1) is 0 Å². The van der Waals surface area contributed by atoms with E-state index in [1.54, 1.807) is 62.7 Å². The number of rotatable bonds is 0. The van der Waals surface area contributed by atoms with Crippen LogP contribution < -0.4 is 0 Å². The molecule has 2 heterocycles. The van der Waals surface area contributed by atoms with Gasteiger partial charge in [-0.25, -0.2) is 0 Å². The highest BCUT2D eigenvalue weighted by Gasteiger charge is 2.36. The van der Waals surface area contributed by atoms with E-state index < -0.39 is 8.07 Å². The molecule has 1 heteroatoms. The molecule has 15 heavy (non-hydrogen) atoms. The standard InChI is InChI=1S/C14H28Si/c1-13-7-11-15(12-8-14(13)2)9-5-3-4-6-10-15/h13-14H,3-12H2,1-2H3. The Labute approximate surface area is 96.9 Å². The molecule has 0 bridgehead atoms. The van der Waals surface area contributed by atoms with E-state index in [1.807, 2.05) is 0 Å². The molecule has 0 radical (unpaired) electrons. The molecule has 2 saturated heterocycles. The van der Waals surface area contributed by atoms with E-state index in [1.165, 1.54) is 0 Å². The van der Waals surface area contributed by atoms with Crippen LogP contribution in [0.25, 0.3) is 0 Å². The molecule has 1 spiro atoms. The first-order chi connectivity index (χ1) is 7.22. The monoisotopic (exact) mass is 224 g/mol. The molecule has 0 aromatic rings. The van der Waals surface area contributed by atoms with Crippen LogP contribution in [0.1, 0.15) is 52.4 Å². The lowest BCUT2D eigenvalue weighted by atomic mass is 9.92. The highest BCUT2D eigenvalue weighted by molar-refractivity contribution is 6.79. The van der Waals surface area contributed by atoms with Crippen LogP contribution in [0.3, 0.4) is 0 Å². The van der Waals surface area contributed by atoms with Crippen molar-refractivity contribution in [3.8, 4) is 0 Å². The molecule has 0 aromatic heterocycles. The van der Waals surface area contributed by atoms with Crippen molar-refractivity contribution in [1.82, 2.24) is 0 Å². The first-order valence-corrected chi connectivity index (χ1v) is 10.0. The Kier molecular flexibility index (Phi) is 3.92. The molecule has 2 aliphatic rings. The smallest absolute Gasteiger partial charge is 0.0536 e.